The van der Waals surface area contributed by atoms with E-state index in [1.165, 1.54) is 19.2 Å². The minimum absolute atomic E-state index is 0.0157. The zero-order valence-corrected chi connectivity index (χ0v) is 21.1. The predicted molar refractivity (Wildman–Crippen MR) is 121 cm³/mol. The molecule has 216 valence electrons. The van der Waals surface area contributed by atoms with Gasteiger partial charge in [-0.2, -0.15) is 30.4 Å². The molecular weight excluding hydrogens is 580 g/mol. The average molecular weight is 598 g/mol. The van der Waals surface area contributed by atoms with Crippen LogP contribution in [0.3, 0.4) is 0 Å². The number of hydrogen-bond acceptors (Lipinski definition) is 6. The van der Waals surface area contributed by atoms with Gasteiger partial charge in [-0.3, -0.25) is 0 Å². The van der Waals surface area contributed by atoms with E-state index in [1.807, 2.05) is 0 Å². The third kappa shape index (κ3) is 5.66. The smallest absolute Gasteiger partial charge is 0.416 e. The van der Waals surface area contributed by atoms with Gasteiger partial charge in [0.15, 0.2) is 0 Å². The normalized spacial score (nSPS) is 15.4. The fraction of sp³-hybridized carbons (Fsp3) is 0.280. The van der Waals surface area contributed by atoms with Gasteiger partial charge in [-0.1, -0.05) is 12.1 Å². The van der Waals surface area contributed by atoms with Crippen molar-refractivity contribution in [2.75, 3.05) is 26.9 Å². The first kappa shape index (κ1) is 29.4. The van der Waals surface area contributed by atoms with Crippen LogP contribution in [-0.2, 0) is 21.0 Å². The van der Waals surface area contributed by atoms with Crippen molar-refractivity contribution in [3.63, 3.8) is 0 Å². The predicted octanol–water partition coefficient (Wildman–Crippen LogP) is 6.11. The van der Waals surface area contributed by atoms with Crippen molar-refractivity contribution in [2.24, 2.45) is 0 Å². The molecule has 1 unspecified atom stereocenters. The second-order valence-corrected chi connectivity index (χ2v) is 9.96. The Bertz CT molecular complexity index is 1510. The number of methoxy groups -OCH3 is 1. The summed E-state index contributed by atoms with van der Waals surface area (Å²) < 4.78 is 154. The second-order valence-electron chi connectivity index (χ2n) is 8.42. The molecule has 3 aromatic rings. The molecule has 0 radical (unpaired) electrons. The summed E-state index contributed by atoms with van der Waals surface area (Å²) >= 11 is 0. The molecule has 0 saturated heterocycles. The van der Waals surface area contributed by atoms with E-state index in [9.17, 15) is 43.5 Å². The number of rotatable bonds is 8. The quantitative estimate of drug-likeness (QED) is 0.103. The highest BCUT2D eigenvalue weighted by Gasteiger charge is 2.35. The first-order chi connectivity index (χ1) is 18.8. The van der Waals surface area contributed by atoms with Crippen molar-refractivity contribution in [3.8, 4) is 17.2 Å². The Balaban J connectivity index is 1.71. The van der Waals surface area contributed by atoms with E-state index >= 15 is 0 Å². The highest BCUT2D eigenvalue weighted by Crippen LogP contribution is 2.44. The minimum Gasteiger partial charge on any atom is -0.493 e. The Morgan fingerprint density at radius 3 is 2.12 bits per heavy atom. The molecule has 6 nitrogen and oxygen atoms in total. The van der Waals surface area contributed by atoms with E-state index in [0.717, 1.165) is 24.3 Å². The van der Waals surface area contributed by atoms with Gasteiger partial charge >= 0.3 is 16.3 Å². The minimum atomic E-state index is -5.14. The molecule has 1 atom stereocenters. The van der Waals surface area contributed by atoms with E-state index in [1.54, 1.807) is 0 Å². The van der Waals surface area contributed by atoms with Gasteiger partial charge in [0, 0.05) is 30.2 Å². The van der Waals surface area contributed by atoms with Crippen LogP contribution in [0.4, 0.5) is 35.1 Å². The molecule has 1 aliphatic rings. The molecule has 0 fully saturated rings. The summed E-state index contributed by atoms with van der Waals surface area (Å²) in [6.07, 6.45) is -4.39. The number of hydrogen-bond donors (Lipinski definition) is 0. The summed E-state index contributed by atoms with van der Waals surface area (Å²) in [6, 6.07) is 5.98. The SMILES string of the molecule is COCCOc1cc(C(F)(F)F)ccc1C1CCOc2cc(S(=O)(=O)Oc3c(F)c(F)c(F)c(F)c3F)ccc21. The Morgan fingerprint density at radius 1 is 0.875 bits per heavy atom. The van der Waals surface area contributed by atoms with Crippen LogP contribution in [0, 0.1) is 29.1 Å². The van der Waals surface area contributed by atoms with Crippen LogP contribution in [0.2, 0.25) is 0 Å². The van der Waals surface area contributed by atoms with Crippen molar-refractivity contribution >= 4 is 10.1 Å². The van der Waals surface area contributed by atoms with Gasteiger partial charge in [-0.25, -0.2) is 13.2 Å². The van der Waals surface area contributed by atoms with Crippen molar-refractivity contribution in [1.29, 1.82) is 0 Å². The van der Waals surface area contributed by atoms with E-state index < -0.39 is 67.5 Å². The molecule has 1 aliphatic heterocycles. The topological polar surface area (TPSA) is 71.1 Å². The first-order valence-electron chi connectivity index (χ1n) is 11.3. The van der Waals surface area contributed by atoms with Gasteiger partial charge < -0.3 is 18.4 Å². The van der Waals surface area contributed by atoms with E-state index in [2.05, 4.69) is 4.18 Å². The third-order valence-corrected chi connectivity index (χ3v) is 7.15. The maximum atomic E-state index is 14.0. The zero-order valence-electron chi connectivity index (χ0n) is 20.3. The number of benzene rings is 3. The third-order valence-electron chi connectivity index (χ3n) is 5.94. The summed E-state index contributed by atoms with van der Waals surface area (Å²) in [4.78, 5) is -0.750. The van der Waals surface area contributed by atoms with Gasteiger partial charge in [0.1, 0.15) is 23.0 Å². The lowest BCUT2D eigenvalue weighted by Gasteiger charge is -2.28. The summed E-state index contributed by atoms with van der Waals surface area (Å²) in [7, 11) is -3.76. The van der Waals surface area contributed by atoms with Gasteiger partial charge in [0.05, 0.1) is 18.8 Å². The van der Waals surface area contributed by atoms with Crippen LogP contribution in [0.5, 0.6) is 17.2 Å². The summed E-state index contributed by atoms with van der Waals surface area (Å²) in [6.45, 7) is 0.00954. The molecule has 1 heterocycles. The molecule has 0 bridgehead atoms. The van der Waals surface area contributed by atoms with E-state index in [-0.39, 0.29) is 37.7 Å². The van der Waals surface area contributed by atoms with Crippen LogP contribution in [0.25, 0.3) is 0 Å². The molecule has 0 N–H and O–H groups in total. The van der Waals surface area contributed by atoms with Crippen LogP contribution in [-0.4, -0.2) is 35.3 Å². The second kappa shape index (κ2) is 11.1. The van der Waals surface area contributed by atoms with Crippen molar-refractivity contribution in [1.82, 2.24) is 0 Å². The van der Waals surface area contributed by atoms with Gasteiger partial charge in [0.2, 0.25) is 34.8 Å². The molecule has 0 spiro atoms. The molecular formula is C25H18F8O6S. The molecule has 15 heteroatoms. The lowest BCUT2D eigenvalue weighted by Crippen LogP contribution is -2.19. The van der Waals surface area contributed by atoms with Gasteiger partial charge in [-0.15, -0.1) is 0 Å². The molecule has 0 aliphatic carbocycles. The van der Waals surface area contributed by atoms with Crippen LogP contribution in [0.15, 0.2) is 41.3 Å². The van der Waals surface area contributed by atoms with E-state index in [4.69, 9.17) is 14.2 Å². The lowest BCUT2D eigenvalue weighted by atomic mass is 9.85. The van der Waals surface area contributed by atoms with Gasteiger partial charge in [-0.05, 0) is 24.6 Å². The standard InChI is InChI=1S/C25H18F8O6S/c1-36-8-9-38-17-10-12(25(31,32)33)2-4-15(17)14-6-7-37-18-11-13(3-5-16(14)18)40(34,35)39-24-22(29)20(27)19(26)21(28)23(24)30/h2-5,10-11,14H,6-9H2,1H3. The Morgan fingerprint density at radius 2 is 1.50 bits per heavy atom. The summed E-state index contributed by atoms with van der Waals surface area (Å²) in [5.74, 6) is -15.1. The molecule has 0 saturated carbocycles. The lowest BCUT2D eigenvalue weighted by molar-refractivity contribution is -0.137. The summed E-state index contributed by atoms with van der Waals surface area (Å²) in [5, 5.41) is 0. The van der Waals surface area contributed by atoms with E-state index in [0.29, 0.717) is 11.1 Å². The van der Waals surface area contributed by atoms with Crippen LogP contribution in [0.1, 0.15) is 29.0 Å². The molecule has 0 amide bonds. The van der Waals surface area contributed by atoms with Crippen molar-refractivity contribution < 1.29 is 61.9 Å². The number of halogens is 8. The molecule has 0 aromatic heterocycles. The number of ether oxygens (including phenoxy) is 3. The fourth-order valence-electron chi connectivity index (χ4n) is 4.02. The van der Waals surface area contributed by atoms with Crippen molar-refractivity contribution in [2.45, 2.75) is 23.4 Å². The fourth-order valence-corrected chi connectivity index (χ4v) is 4.97. The molecule has 4 rings (SSSR count). The highest BCUT2D eigenvalue weighted by atomic mass is 32.2. The Labute approximate surface area is 222 Å². The first-order valence-corrected chi connectivity index (χ1v) is 12.7. The number of alkyl halides is 3. The maximum absolute atomic E-state index is 14.0. The largest absolute Gasteiger partial charge is 0.493 e. The van der Waals surface area contributed by atoms with Crippen LogP contribution >= 0.6 is 0 Å². The number of fused-ring (bicyclic) bond motifs is 1. The summed E-state index contributed by atoms with van der Waals surface area (Å²) in [5.41, 5.74) is -0.289. The maximum Gasteiger partial charge on any atom is 0.416 e. The Kier molecular flexibility index (Phi) is 8.17. The molecule has 40 heavy (non-hydrogen) atoms. The average Bonchev–Trinajstić information content (AvgIpc) is 2.92. The molecule has 3 aromatic carbocycles. The van der Waals surface area contributed by atoms with Crippen LogP contribution < -0.4 is 13.7 Å². The van der Waals surface area contributed by atoms with Gasteiger partial charge in [0.25, 0.3) is 0 Å². The van der Waals surface area contributed by atoms with Crippen molar-refractivity contribution in [3.05, 3.63) is 82.2 Å². The highest BCUT2D eigenvalue weighted by molar-refractivity contribution is 7.87. The monoisotopic (exact) mass is 598 g/mol. The Hall–Kier alpha value is -3.59. The zero-order chi connectivity index (χ0) is 29.4.